The SMILES string of the molecule is CCC(CNC(=O)C1CCN(C(=O)C(C)C)CC1)(C(=O)O)c1ccccc1. The lowest BCUT2D eigenvalue weighted by Crippen LogP contribution is -2.49. The van der Waals surface area contributed by atoms with Crippen LogP contribution in [-0.2, 0) is 19.8 Å². The Balaban J connectivity index is 1.99. The number of piperidine rings is 1. The summed E-state index contributed by atoms with van der Waals surface area (Å²) in [6.45, 7) is 6.79. The number of benzene rings is 1. The topological polar surface area (TPSA) is 86.7 Å². The first-order chi connectivity index (χ1) is 12.8. The number of carboxylic acid groups (broad SMARTS) is 1. The molecule has 0 aliphatic carbocycles. The van der Waals surface area contributed by atoms with E-state index in [4.69, 9.17) is 0 Å². The molecular weight excluding hydrogens is 344 g/mol. The molecule has 0 aromatic heterocycles. The zero-order chi connectivity index (χ0) is 20.0. The van der Waals surface area contributed by atoms with Crippen molar-refractivity contribution in [3.63, 3.8) is 0 Å². The van der Waals surface area contributed by atoms with Gasteiger partial charge in [0.15, 0.2) is 0 Å². The first-order valence-corrected chi connectivity index (χ1v) is 9.67. The average molecular weight is 374 g/mol. The monoisotopic (exact) mass is 374 g/mol. The standard InChI is InChI=1S/C21H30N2O4/c1-4-21(20(26)27,17-8-6-5-7-9-17)14-22-18(24)16-10-12-23(13-11-16)19(25)15(2)3/h5-9,15-16H,4,10-14H2,1-3H3,(H,22,24)(H,26,27). The molecule has 0 bridgehead atoms. The first kappa shape index (κ1) is 20.9. The summed E-state index contributed by atoms with van der Waals surface area (Å²) in [6.07, 6.45) is 1.61. The number of rotatable bonds is 7. The molecule has 27 heavy (non-hydrogen) atoms. The Morgan fingerprint density at radius 1 is 1.19 bits per heavy atom. The molecule has 2 N–H and O–H groups in total. The minimum absolute atomic E-state index is 0.0398. The number of carbonyl (C=O) groups excluding carboxylic acids is 2. The minimum atomic E-state index is -1.13. The van der Waals surface area contributed by atoms with E-state index >= 15 is 0 Å². The van der Waals surface area contributed by atoms with E-state index in [1.807, 2.05) is 43.9 Å². The van der Waals surface area contributed by atoms with E-state index in [9.17, 15) is 19.5 Å². The van der Waals surface area contributed by atoms with Gasteiger partial charge in [0.25, 0.3) is 0 Å². The van der Waals surface area contributed by atoms with Crippen LogP contribution in [0.4, 0.5) is 0 Å². The van der Waals surface area contributed by atoms with E-state index in [0.717, 1.165) is 0 Å². The van der Waals surface area contributed by atoms with Crippen LogP contribution < -0.4 is 5.32 Å². The summed E-state index contributed by atoms with van der Waals surface area (Å²) in [5.74, 6) is -1.16. The summed E-state index contributed by atoms with van der Waals surface area (Å²) < 4.78 is 0. The third kappa shape index (κ3) is 4.67. The zero-order valence-electron chi connectivity index (χ0n) is 16.4. The van der Waals surface area contributed by atoms with Crippen LogP contribution in [0.3, 0.4) is 0 Å². The maximum absolute atomic E-state index is 12.6. The van der Waals surface area contributed by atoms with E-state index in [1.165, 1.54) is 0 Å². The van der Waals surface area contributed by atoms with Gasteiger partial charge in [-0.1, -0.05) is 51.1 Å². The van der Waals surface area contributed by atoms with Crippen molar-refractivity contribution in [2.75, 3.05) is 19.6 Å². The van der Waals surface area contributed by atoms with Gasteiger partial charge in [0, 0.05) is 31.5 Å². The second-order valence-electron chi connectivity index (χ2n) is 7.58. The number of likely N-dealkylation sites (tertiary alicyclic amines) is 1. The van der Waals surface area contributed by atoms with Crippen molar-refractivity contribution in [1.29, 1.82) is 0 Å². The van der Waals surface area contributed by atoms with Crippen molar-refractivity contribution in [3.8, 4) is 0 Å². The molecule has 2 rings (SSSR count). The number of amides is 2. The molecule has 2 amide bonds. The third-order valence-corrected chi connectivity index (χ3v) is 5.58. The van der Waals surface area contributed by atoms with Gasteiger partial charge in [-0.25, -0.2) is 0 Å². The Morgan fingerprint density at radius 2 is 1.78 bits per heavy atom. The number of carbonyl (C=O) groups is 3. The molecule has 6 nitrogen and oxygen atoms in total. The third-order valence-electron chi connectivity index (χ3n) is 5.58. The molecule has 1 aromatic carbocycles. The summed E-state index contributed by atoms with van der Waals surface area (Å²) in [6, 6.07) is 9.05. The van der Waals surface area contributed by atoms with Gasteiger partial charge in [0.1, 0.15) is 5.41 Å². The number of hydrogen-bond donors (Lipinski definition) is 2. The highest BCUT2D eigenvalue weighted by atomic mass is 16.4. The summed E-state index contributed by atoms with van der Waals surface area (Å²) in [4.78, 5) is 38.5. The Kier molecular flexibility index (Phi) is 6.99. The fourth-order valence-electron chi connectivity index (χ4n) is 3.65. The molecule has 6 heteroatoms. The van der Waals surface area contributed by atoms with Crippen LogP contribution in [0.2, 0.25) is 0 Å². The Morgan fingerprint density at radius 3 is 2.26 bits per heavy atom. The molecule has 148 valence electrons. The van der Waals surface area contributed by atoms with Gasteiger partial charge < -0.3 is 15.3 Å². The minimum Gasteiger partial charge on any atom is -0.481 e. The van der Waals surface area contributed by atoms with E-state index in [2.05, 4.69) is 5.32 Å². The number of aliphatic carboxylic acids is 1. The van der Waals surface area contributed by atoms with Crippen molar-refractivity contribution in [3.05, 3.63) is 35.9 Å². The first-order valence-electron chi connectivity index (χ1n) is 9.67. The summed E-state index contributed by atoms with van der Waals surface area (Å²) in [7, 11) is 0. The van der Waals surface area contributed by atoms with Crippen molar-refractivity contribution < 1.29 is 19.5 Å². The van der Waals surface area contributed by atoms with Gasteiger partial charge >= 0.3 is 5.97 Å². The molecule has 1 saturated heterocycles. The number of carboxylic acids is 1. The van der Waals surface area contributed by atoms with Crippen LogP contribution in [0.15, 0.2) is 30.3 Å². The lowest BCUT2D eigenvalue weighted by atomic mass is 9.78. The molecule has 1 fully saturated rings. The number of nitrogens with zero attached hydrogens (tertiary/aromatic N) is 1. The van der Waals surface area contributed by atoms with Crippen molar-refractivity contribution in [2.24, 2.45) is 11.8 Å². The highest BCUT2D eigenvalue weighted by Gasteiger charge is 2.39. The smallest absolute Gasteiger partial charge is 0.315 e. The Hall–Kier alpha value is -2.37. The van der Waals surface area contributed by atoms with Crippen LogP contribution >= 0.6 is 0 Å². The van der Waals surface area contributed by atoms with Gasteiger partial charge in [-0.05, 0) is 24.8 Å². The van der Waals surface area contributed by atoms with E-state index < -0.39 is 11.4 Å². The molecular formula is C21H30N2O4. The molecule has 1 aromatic rings. The van der Waals surface area contributed by atoms with Gasteiger partial charge in [0.05, 0.1) is 0 Å². The van der Waals surface area contributed by atoms with Gasteiger partial charge in [-0.3, -0.25) is 14.4 Å². The average Bonchev–Trinajstić information content (AvgIpc) is 2.68. The van der Waals surface area contributed by atoms with Crippen molar-refractivity contribution in [1.82, 2.24) is 10.2 Å². The molecule has 1 aliphatic heterocycles. The van der Waals surface area contributed by atoms with Crippen LogP contribution in [0.25, 0.3) is 0 Å². The van der Waals surface area contributed by atoms with E-state index in [-0.39, 0.29) is 30.2 Å². The quantitative estimate of drug-likeness (QED) is 0.767. The Labute approximate surface area is 160 Å². The van der Waals surface area contributed by atoms with Crippen molar-refractivity contribution >= 4 is 17.8 Å². The summed E-state index contributed by atoms with van der Waals surface area (Å²) in [5, 5.41) is 12.7. The predicted octanol–water partition coefficient (Wildman–Crippen LogP) is 2.43. The van der Waals surface area contributed by atoms with E-state index in [1.54, 1.807) is 12.1 Å². The highest BCUT2D eigenvalue weighted by molar-refractivity contribution is 5.84. The second kappa shape index (κ2) is 9.02. The maximum atomic E-state index is 12.6. The lowest BCUT2D eigenvalue weighted by Gasteiger charge is -2.34. The molecule has 0 radical (unpaired) electrons. The number of hydrogen-bond acceptors (Lipinski definition) is 3. The van der Waals surface area contributed by atoms with Crippen molar-refractivity contribution in [2.45, 2.75) is 45.4 Å². The van der Waals surface area contributed by atoms with Crippen LogP contribution in [0.5, 0.6) is 0 Å². The normalized spacial score (nSPS) is 17.4. The summed E-state index contributed by atoms with van der Waals surface area (Å²) >= 11 is 0. The zero-order valence-corrected chi connectivity index (χ0v) is 16.4. The second-order valence-corrected chi connectivity index (χ2v) is 7.58. The molecule has 1 aliphatic rings. The van der Waals surface area contributed by atoms with E-state index in [0.29, 0.717) is 37.9 Å². The lowest BCUT2D eigenvalue weighted by molar-refractivity contribution is -0.144. The summed E-state index contributed by atoms with van der Waals surface area (Å²) in [5.41, 5.74) is -0.441. The maximum Gasteiger partial charge on any atom is 0.315 e. The van der Waals surface area contributed by atoms with Crippen LogP contribution in [-0.4, -0.2) is 47.4 Å². The number of nitrogens with one attached hydrogen (secondary N) is 1. The molecule has 0 saturated carbocycles. The van der Waals surface area contributed by atoms with Gasteiger partial charge in [0.2, 0.25) is 11.8 Å². The molecule has 1 unspecified atom stereocenters. The Bertz CT molecular complexity index is 666. The molecule has 1 heterocycles. The molecule has 0 spiro atoms. The van der Waals surface area contributed by atoms with Crippen LogP contribution in [0.1, 0.15) is 45.6 Å². The largest absolute Gasteiger partial charge is 0.481 e. The fourth-order valence-corrected chi connectivity index (χ4v) is 3.65. The highest BCUT2D eigenvalue weighted by Crippen LogP contribution is 2.28. The fraction of sp³-hybridized carbons (Fsp3) is 0.571. The van der Waals surface area contributed by atoms with Gasteiger partial charge in [-0.15, -0.1) is 0 Å². The van der Waals surface area contributed by atoms with Gasteiger partial charge in [-0.2, -0.15) is 0 Å². The predicted molar refractivity (Wildman–Crippen MR) is 103 cm³/mol. The molecule has 1 atom stereocenters. The van der Waals surface area contributed by atoms with Crippen LogP contribution in [0, 0.1) is 11.8 Å².